The number of benzene rings is 2. The van der Waals surface area contributed by atoms with Gasteiger partial charge in [-0.3, -0.25) is 9.36 Å². The van der Waals surface area contributed by atoms with Gasteiger partial charge in [0.15, 0.2) is 5.16 Å². The van der Waals surface area contributed by atoms with Crippen LogP contribution in [0.2, 0.25) is 0 Å². The van der Waals surface area contributed by atoms with E-state index in [4.69, 9.17) is 0 Å². The number of amides is 1. The number of carbonyl (C=O) groups excluding carboxylic acids is 1. The van der Waals surface area contributed by atoms with Crippen LogP contribution in [0, 0.1) is 5.92 Å². The highest BCUT2D eigenvalue weighted by atomic mass is 32.2. The van der Waals surface area contributed by atoms with Crippen LogP contribution in [-0.4, -0.2) is 39.0 Å². The van der Waals surface area contributed by atoms with Crippen LogP contribution in [-0.2, 0) is 4.79 Å². The topological polar surface area (TPSA) is 63.1 Å². The van der Waals surface area contributed by atoms with Crippen molar-refractivity contribution in [1.29, 1.82) is 0 Å². The summed E-state index contributed by atoms with van der Waals surface area (Å²) in [5.74, 6) is 1.73. The Morgan fingerprint density at radius 1 is 1.00 bits per heavy atom. The number of hydrogen-bond acceptors (Lipinski definition) is 5. The number of aromatic nitrogens is 3. The molecule has 3 aromatic rings. The Labute approximate surface area is 199 Å². The number of thioether (sulfide) groups is 1. The zero-order chi connectivity index (χ0) is 22.8. The molecule has 1 aliphatic carbocycles. The monoisotopic (exact) mass is 461 g/mol. The number of piperidine rings is 1. The van der Waals surface area contributed by atoms with Gasteiger partial charge in [0.25, 0.3) is 0 Å². The Hall–Kier alpha value is -2.80. The van der Waals surface area contributed by atoms with Crippen molar-refractivity contribution in [2.24, 2.45) is 5.92 Å². The molecule has 0 radical (unpaired) electrons. The molecule has 5 rings (SSSR count). The summed E-state index contributed by atoms with van der Waals surface area (Å²) >= 11 is 1.50. The van der Waals surface area contributed by atoms with Gasteiger partial charge in [-0.2, -0.15) is 0 Å². The lowest BCUT2D eigenvalue weighted by Gasteiger charge is -2.31. The van der Waals surface area contributed by atoms with Gasteiger partial charge >= 0.3 is 0 Å². The summed E-state index contributed by atoms with van der Waals surface area (Å²) in [6.45, 7) is 6.33. The Bertz CT molecular complexity index is 1100. The Morgan fingerprint density at radius 2 is 1.70 bits per heavy atom. The molecule has 1 saturated heterocycles. The predicted octanol–water partition coefficient (Wildman–Crippen LogP) is 5.64. The fourth-order valence-corrected chi connectivity index (χ4v) is 5.25. The SMILES string of the molecule is CC1CCN(c2nnc(SC(C)C(=O)Nc3ccccc3-c3ccccc3)n2C2CC2)CC1. The quantitative estimate of drug-likeness (QED) is 0.462. The summed E-state index contributed by atoms with van der Waals surface area (Å²) in [4.78, 5) is 15.5. The molecule has 0 spiro atoms. The second-order valence-corrected chi connectivity index (χ2v) is 10.5. The number of para-hydroxylation sites is 1. The highest BCUT2D eigenvalue weighted by Crippen LogP contribution is 2.42. The second kappa shape index (κ2) is 9.59. The predicted molar refractivity (Wildman–Crippen MR) is 135 cm³/mol. The van der Waals surface area contributed by atoms with Gasteiger partial charge in [0.2, 0.25) is 11.9 Å². The average molecular weight is 462 g/mol. The fraction of sp³-hybridized carbons (Fsp3) is 0.423. The summed E-state index contributed by atoms with van der Waals surface area (Å²) in [7, 11) is 0. The van der Waals surface area contributed by atoms with E-state index in [0.717, 1.165) is 59.8 Å². The van der Waals surface area contributed by atoms with Crippen molar-refractivity contribution >= 4 is 29.3 Å². The summed E-state index contributed by atoms with van der Waals surface area (Å²) < 4.78 is 2.28. The maximum atomic E-state index is 13.1. The van der Waals surface area contributed by atoms with Crippen LogP contribution in [0.4, 0.5) is 11.6 Å². The molecule has 6 nitrogen and oxygen atoms in total. The molecule has 1 amide bonds. The Kier molecular flexibility index (Phi) is 6.40. The number of carbonyl (C=O) groups is 1. The lowest BCUT2D eigenvalue weighted by Crippen LogP contribution is -2.34. The van der Waals surface area contributed by atoms with Crippen LogP contribution in [0.1, 0.15) is 45.6 Å². The van der Waals surface area contributed by atoms with Gasteiger partial charge in [-0.15, -0.1) is 10.2 Å². The first-order chi connectivity index (χ1) is 16.1. The molecule has 7 heteroatoms. The van der Waals surface area contributed by atoms with Crippen molar-refractivity contribution in [3.05, 3.63) is 54.6 Å². The minimum Gasteiger partial charge on any atom is -0.341 e. The lowest BCUT2D eigenvalue weighted by atomic mass is 10.00. The van der Waals surface area contributed by atoms with Crippen LogP contribution in [0.5, 0.6) is 0 Å². The molecule has 1 saturated carbocycles. The number of rotatable bonds is 7. The van der Waals surface area contributed by atoms with Crippen LogP contribution >= 0.6 is 11.8 Å². The number of nitrogens with one attached hydrogen (secondary N) is 1. The molecular formula is C26H31N5OS. The first kappa shape index (κ1) is 22.0. The van der Waals surface area contributed by atoms with E-state index < -0.39 is 0 Å². The van der Waals surface area contributed by atoms with Gasteiger partial charge in [-0.1, -0.05) is 67.2 Å². The largest absolute Gasteiger partial charge is 0.341 e. The molecule has 1 aliphatic heterocycles. The number of anilines is 2. The van der Waals surface area contributed by atoms with E-state index in [0.29, 0.717) is 6.04 Å². The third-order valence-electron chi connectivity index (χ3n) is 6.55. The molecule has 0 bridgehead atoms. The normalized spacial score (nSPS) is 17.7. The van der Waals surface area contributed by atoms with Gasteiger partial charge in [0, 0.05) is 30.4 Å². The molecule has 2 aliphatic rings. The van der Waals surface area contributed by atoms with Gasteiger partial charge in [0.1, 0.15) is 0 Å². The standard InChI is InChI=1S/C26H31N5OS/c1-18-14-16-30(17-15-18)25-28-29-26(31(25)21-12-13-21)33-19(2)24(32)27-23-11-7-6-10-22(23)20-8-4-3-5-9-20/h3-11,18-19,21H,12-17H2,1-2H3,(H,27,32). The van der Waals surface area contributed by atoms with Crippen molar-refractivity contribution in [3.8, 4) is 11.1 Å². The Morgan fingerprint density at radius 3 is 2.42 bits per heavy atom. The van der Waals surface area contributed by atoms with Crippen molar-refractivity contribution in [1.82, 2.24) is 14.8 Å². The third-order valence-corrected chi connectivity index (χ3v) is 7.60. The van der Waals surface area contributed by atoms with Gasteiger partial charge < -0.3 is 10.2 Å². The molecule has 172 valence electrons. The highest BCUT2D eigenvalue weighted by molar-refractivity contribution is 8.00. The van der Waals surface area contributed by atoms with Crippen LogP contribution < -0.4 is 10.2 Å². The molecule has 1 atom stereocenters. The van der Waals surface area contributed by atoms with Crippen molar-refractivity contribution < 1.29 is 4.79 Å². The van der Waals surface area contributed by atoms with Crippen LogP contribution in [0.25, 0.3) is 11.1 Å². The average Bonchev–Trinajstić information content (AvgIpc) is 3.60. The highest BCUT2D eigenvalue weighted by Gasteiger charge is 2.33. The minimum absolute atomic E-state index is 0.0259. The maximum Gasteiger partial charge on any atom is 0.237 e. The molecule has 1 N–H and O–H groups in total. The third kappa shape index (κ3) is 4.93. The smallest absolute Gasteiger partial charge is 0.237 e. The van der Waals surface area contributed by atoms with E-state index in [1.165, 1.54) is 24.6 Å². The zero-order valence-corrected chi connectivity index (χ0v) is 20.1. The minimum atomic E-state index is -0.287. The summed E-state index contributed by atoms with van der Waals surface area (Å²) in [6, 6.07) is 18.6. The maximum absolute atomic E-state index is 13.1. The van der Waals surface area contributed by atoms with Crippen LogP contribution in [0.3, 0.4) is 0 Å². The first-order valence-corrected chi connectivity index (χ1v) is 12.8. The number of nitrogens with zero attached hydrogens (tertiary/aromatic N) is 4. The summed E-state index contributed by atoms with van der Waals surface area (Å²) in [6.07, 6.45) is 4.71. The van der Waals surface area contributed by atoms with E-state index in [9.17, 15) is 4.79 Å². The van der Waals surface area contributed by atoms with Gasteiger partial charge in [0.05, 0.1) is 5.25 Å². The summed E-state index contributed by atoms with van der Waals surface area (Å²) in [5.41, 5.74) is 2.93. The van der Waals surface area contributed by atoms with E-state index >= 15 is 0 Å². The van der Waals surface area contributed by atoms with Crippen molar-refractivity contribution in [2.75, 3.05) is 23.3 Å². The molecule has 2 fully saturated rings. The molecule has 1 unspecified atom stereocenters. The molecule has 2 aromatic carbocycles. The Balaban J connectivity index is 1.31. The van der Waals surface area contributed by atoms with E-state index in [-0.39, 0.29) is 11.2 Å². The lowest BCUT2D eigenvalue weighted by molar-refractivity contribution is -0.115. The van der Waals surface area contributed by atoms with Gasteiger partial charge in [-0.25, -0.2) is 0 Å². The summed E-state index contributed by atoms with van der Waals surface area (Å²) in [5, 5.41) is 12.8. The fourth-order valence-electron chi connectivity index (χ4n) is 4.33. The van der Waals surface area contributed by atoms with E-state index in [1.807, 2.05) is 49.4 Å². The number of hydrogen-bond donors (Lipinski definition) is 1. The zero-order valence-electron chi connectivity index (χ0n) is 19.3. The van der Waals surface area contributed by atoms with Gasteiger partial charge in [-0.05, 0) is 50.2 Å². The molecule has 1 aromatic heterocycles. The second-order valence-electron chi connectivity index (χ2n) is 9.21. The molecule has 33 heavy (non-hydrogen) atoms. The van der Waals surface area contributed by atoms with E-state index in [2.05, 4.69) is 44.0 Å². The van der Waals surface area contributed by atoms with E-state index in [1.54, 1.807) is 0 Å². The first-order valence-electron chi connectivity index (χ1n) is 11.9. The van der Waals surface area contributed by atoms with Crippen LogP contribution in [0.15, 0.2) is 59.8 Å². The molecular weight excluding hydrogens is 430 g/mol. The van der Waals surface area contributed by atoms with Crippen molar-refractivity contribution in [2.45, 2.75) is 56.0 Å². The molecule has 2 heterocycles. The van der Waals surface area contributed by atoms with Crippen molar-refractivity contribution in [3.63, 3.8) is 0 Å².